The van der Waals surface area contributed by atoms with Crippen LogP contribution in [0.4, 0.5) is 4.39 Å². The number of hydrogen-bond donors (Lipinski definition) is 1. The Hall–Kier alpha value is -3.47. The molecule has 214 valence electrons. The number of para-hydroxylation sites is 1. The third-order valence-corrected chi connectivity index (χ3v) is 9.54. The Bertz CT molecular complexity index is 1640. The Morgan fingerprint density at radius 2 is 1.98 bits per heavy atom. The van der Waals surface area contributed by atoms with Crippen molar-refractivity contribution in [2.75, 3.05) is 19.7 Å². The molecule has 10 heteroatoms. The molecule has 2 atom stereocenters. The molecule has 1 N–H and O–H groups in total. The van der Waals surface area contributed by atoms with Gasteiger partial charge < -0.3 is 23.9 Å². The molecule has 7 rings (SSSR count). The van der Waals surface area contributed by atoms with Gasteiger partial charge in [0.25, 0.3) is 5.79 Å². The van der Waals surface area contributed by atoms with Gasteiger partial charge in [-0.15, -0.1) is 11.3 Å². The van der Waals surface area contributed by atoms with E-state index in [9.17, 15) is 14.3 Å². The number of thiophene rings is 1. The van der Waals surface area contributed by atoms with Crippen molar-refractivity contribution in [3.63, 3.8) is 0 Å². The van der Waals surface area contributed by atoms with Crippen molar-refractivity contribution in [3.8, 4) is 11.5 Å². The van der Waals surface area contributed by atoms with Gasteiger partial charge in [0.2, 0.25) is 0 Å². The molecule has 0 radical (unpaired) electrons. The highest BCUT2D eigenvalue weighted by atomic mass is 32.1. The number of ether oxygens (including phenoxy) is 3. The number of hydrogen-bond acceptors (Lipinski definition) is 7. The maximum absolute atomic E-state index is 14.9. The van der Waals surface area contributed by atoms with Crippen LogP contribution in [0.15, 0.2) is 42.5 Å². The van der Waals surface area contributed by atoms with Gasteiger partial charge in [-0.1, -0.05) is 18.2 Å². The average molecular weight is 578 g/mol. The second kappa shape index (κ2) is 10.1. The number of piperidine rings is 1. The lowest BCUT2D eigenvalue weighted by Crippen LogP contribution is -2.35. The highest BCUT2D eigenvalue weighted by Crippen LogP contribution is 2.49. The summed E-state index contributed by atoms with van der Waals surface area (Å²) in [6, 6.07) is 12.8. The number of carbonyl (C=O) groups is 1. The molecule has 2 saturated heterocycles. The summed E-state index contributed by atoms with van der Waals surface area (Å²) in [6.07, 6.45) is 3.04. The monoisotopic (exact) mass is 577 g/mol. The number of halogens is 1. The van der Waals surface area contributed by atoms with Crippen LogP contribution in [0.1, 0.15) is 64.3 Å². The van der Waals surface area contributed by atoms with Crippen LogP contribution in [0.5, 0.6) is 11.5 Å². The molecular weight excluding hydrogens is 545 g/mol. The molecule has 2 fully saturated rings. The molecule has 4 aromatic rings. The van der Waals surface area contributed by atoms with E-state index in [1.54, 1.807) is 19.1 Å². The van der Waals surface area contributed by atoms with E-state index in [1.807, 2.05) is 25.1 Å². The van der Waals surface area contributed by atoms with Crippen LogP contribution < -0.4 is 9.47 Å². The number of nitrogens with zero attached hydrogens (tertiary/aromatic N) is 3. The number of likely N-dealkylation sites (tertiary alicyclic amines) is 1. The van der Waals surface area contributed by atoms with Crippen LogP contribution in [-0.2, 0) is 23.6 Å². The van der Waals surface area contributed by atoms with Crippen LogP contribution in [0.3, 0.4) is 0 Å². The predicted octanol–water partition coefficient (Wildman–Crippen LogP) is 6.06. The standard InChI is InChI=1S/C31H32FN3O5S/c1-18-6-7-22(23(32)14-18)31(2)39-25-5-3-4-21(28(25)40-31)19-8-11-34(12-9-19)17-27-33-29-24(15-26(41-29)30(36)37)35(27)16-20-10-13-38-20/h3-7,14-15,19-20H,8-13,16-17H2,1-2H3,(H,36,37)/t20-,31+/m0/s1. The van der Waals surface area contributed by atoms with Crippen molar-refractivity contribution < 1.29 is 28.5 Å². The minimum atomic E-state index is -1.22. The van der Waals surface area contributed by atoms with E-state index >= 15 is 0 Å². The van der Waals surface area contributed by atoms with E-state index in [4.69, 9.17) is 19.2 Å². The number of rotatable bonds is 7. The van der Waals surface area contributed by atoms with E-state index in [0.29, 0.717) is 40.9 Å². The van der Waals surface area contributed by atoms with Crippen LogP contribution in [0.2, 0.25) is 0 Å². The van der Waals surface area contributed by atoms with E-state index < -0.39 is 11.8 Å². The lowest BCUT2D eigenvalue weighted by molar-refractivity contribution is -0.0712. The zero-order chi connectivity index (χ0) is 28.3. The smallest absolute Gasteiger partial charge is 0.346 e. The van der Waals surface area contributed by atoms with Gasteiger partial charge in [0.05, 0.1) is 30.3 Å². The summed E-state index contributed by atoms with van der Waals surface area (Å²) in [5, 5.41) is 9.46. The van der Waals surface area contributed by atoms with Crippen LogP contribution in [-0.4, -0.2) is 51.3 Å². The van der Waals surface area contributed by atoms with E-state index in [2.05, 4.69) is 15.5 Å². The van der Waals surface area contributed by atoms with E-state index in [0.717, 1.165) is 66.3 Å². The Labute approximate surface area is 241 Å². The fourth-order valence-electron chi connectivity index (χ4n) is 6.19. The summed E-state index contributed by atoms with van der Waals surface area (Å²) >= 11 is 1.22. The summed E-state index contributed by atoms with van der Waals surface area (Å²) in [7, 11) is 0. The number of carboxylic acids is 1. The number of imidazole rings is 1. The minimum Gasteiger partial charge on any atom is -0.477 e. The van der Waals surface area contributed by atoms with Crippen LogP contribution in [0, 0.1) is 12.7 Å². The fraction of sp³-hybridized carbons (Fsp3) is 0.419. The lowest BCUT2D eigenvalue weighted by Gasteiger charge is -2.33. The zero-order valence-electron chi connectivity index (χ0n) is 23.1. The molecule has 2 aromatic carbocycles. The van der Waals surface area contributed by atoms with Crippen molar-refractivity contribution in [2.45, 2.75) is 64.0 Å². The molecule has 0 bridgehead atoms. The van der Waals surface area contributed by atoms with Crippen molar-refractivity contribution in [2.24, 2.45) is 0 Å². The summed E-state index contributed by atoms with van der Waals surface area (Å²) in [6.45, 7) is 7.56. The first kappa shape index (κ1) is 26.4. The Morgan fingerprint density at radius 1 is 1.17 bits per heavy atom. The number of aromatic nitrogens is 2. The van der Waals surface area contributed by atoms with Gasteiger partial charge in [-0.05, 0) is 75.0 Å². The molecule has 0 unspecified atom stereocenters. The molecule has 8 nitrogen and oxygen atoms in total. The Balaban J connectivity index is 1.07. The highest BCUT2D eigenvalue weighted by molar-refractivity contribution is 7.20. The predicted molar refractivity (Wildman–Crippen MR) is 152 cm³/mol. The maximum Gasteiger partial charge on any atom is 0.346 e. The average Bonchev–Trinajstić information content (AvgIpc) is 3.57. The summed E-state index contributed by atoms with van der Waals surface area (Å²) in [5.74, 6) is 0.119. The number of carboxylic acid groups (broad SMARTS) is 1. The number of fused-ring (bicyclic) bond motifs is 2. The van der Waals surface area contributed by atoms with Gasteiger partial charge in [-0.2, -0.15) is 0 Å². The lowest BCUT2D eigenvalue weighted by atomic mass is 9.88. The number of aromatic carboxylic acids is 1. The van der Waals surface area contributed by atoms with Crippen LogP contribution >= 0.6 is 11.3 Å². The maximum atomic E-state index is 14.9. The third-order valence-electron chi connectivity index (χ3n) is 8.53. The molecule has 0 aliphatic carbocycles. The fourth-order valence-corrected chi connectivity index (χ4v) is 7.08. The second-order valence-electron chi connectivity index (χ2n) is 11.4. The molecular formula is C31H32FN3O5S. The molecule has 3 aliphatic rings. The van der Waals surface area contributed by atoms with Crippen molar-refractivity contribution in [3.05, 3.63) is 75.7 Å². The van der Waals surface area contributed by atoms with Gasteiger partial charge >= 0.3 is 5.97 Å². The number of aryl methyl sites for hydroxylation is 1. The topological polar surface area (TPSA) is 86.1 Å². The van der Waals surface area contributed by atoms with E-state index in [-0.39, 0.29) is 11.9 Å². The second-order valence-corrected chi connectivity index (χ2v) is 12.4. The van der Waals surface area contributed by atoms with E-state index in [1.165, 1.54) is 17.4 Å². The molecule has 3 aliphatic heterocycles. The van der Waals surface area contributed by atoms with Gasteiger partial charge in [0.1, 0.15) is 21.3 Å². The molecule has 0 spiro atoms. The molecule has 41 heavy (non-hydrogen) atoms. The first-order valence-corrected chi connectivity index (χ1v) is 14.9. The molecule has 2 aromatic heterocycles. The largest absolute Gasteiger partial charge is 0.477 e. The molecule has 0 amide bonds. The van der Waals surface area contributed by atoms with Gasteiger partial charge in [-0.3, -0.25) is 4.90 Å². The quantitative estimate of drug-likeness (QED) is 0.286. The summed E-state index contributed by atoms with van der Waals surface area (Å²) in [5.41, 5.74) is 3.21. The first-order valence-electron chi connectivity index (χ1n) is 14.1. The van der Waals surface area contributed by atoms with Crippen molar-refractivity contribution in [1.82, 2.24) is 14.5 Å². The molecule has 5 heterocycles. The number of benzene rings is 2. The van der Waals surface area contributed by atoms with Crippen molar-refractivity contribution >= 4 is 27.7 Å². The van der Waals surface area contributed by atoms with Gasteiger partial charge in [0.15, 0.2) is 11.5 Å². The van der Waals surface area contributed by atoms with Crippen molar-refractivity contribution in [1.29, 1.82) is 0 Å². The third kappa shape index (κ3) is 4.77. The zero-order valence-corrected chi connectivity index (χ0v) is 23.9. The highest BCUT2D eigenvalue weighted by Gasteiger charge is 2.43. The Morgan fingerprint density at radius 3 is 2.68 bits per heavy atom. The van der Waals surface area contributed by atoms with Crippen LogP contribution in [0.25, 0.3) is 10.3 Å². The van der Waals surface area contributed by atoms with Gasteiger partial charge in [0, 0.05) is 19.1 Å². The minimum absolute atomic E-state index is 0.145. The SMILES string of the molecule is Cc1ccc([C@]2(C)Oc3cccc(C4CCN(Cc5nc6sc(C(=O)O)cc6n5C[C@@H]5CCO5)CC4)c3O2)c(F)c1. The summed E-state index contributed by atoms with van der Waals surface area (Å²) < 4.78 is 35.3. The summed E-state index contributed by atoms with van der Waals surface area (Å²) in [4.78, 5) is 19.9. The van der Waals surface area contributed by atoms with Gasteiger partial charge in [-0.25, -0.2) is 14.2 Å². The Kier molecular flexibility index (Phi) is 6.52. The first-order chi connectivity index (χ1) is 19.8. The molecule has 0 saturated carbocycles. The normalized spacial score (nSPS) is 22.8.